The van der Waals surface area contributed by atoms with Crippen LogP contribution in [0, 0.1) is 0 Å². The quantitative estimate of drug-likeness (QED) is 0.909. The van der Waals surface area contributed by atoms with Crippen molar-refractivity contribution in [2.75, 3.05) is 18.0 Å². The van der Waals surface area contributed by atoms with Gasteiger partial charge in [0.2, 0.25) is 0 Å². The third kappa shape index (κ3) is 2.79. The maximum absolute atomic E-state index is 12.5. The monoisotopic (exact) mass is 316 g/mol. The molecule has 110 valence electrons. The van der Waals surface area contributed by atoms with Crippen LogP contribution in [0.4, 0.5) is 5.69 Å². The minimum atomic E-state index is -0.349. The molecule has 0 aliphatic carbocycles. The molecule has 1 aromatic carbocycles. The number of benzene rings is 1. The van der Waals surface area contributed by atoms with Crippen molar-refractivity contribution in [2.45, 2.75) is 31.5 Å². The second-order valence-electron chi connectivity index (χ2n) is 5.07. The topological polar surface area (TPSA) is 55.6 Å². The summed E-state index contributed by atoms with van der Waals surface area (Å²) in [4.78, 5) is 14.3. The normalized spacial score (nSPS) is 24.4. The fourth-order valence-corrected chi connectivity index (χ4v) is 2.98. The molecule has 1 saturated heterocycles. The number of hydrogen-bond donors (Lipinski definition) is 1. The molecule has 0 spiro atoms. The van der Waals surface area contributed by atoms with Crippen molar-refractivity contribution >= 4 is 35.6 Å². The van der Waals surface area contributed by atoms with Crippen LogP contribution in [-0.4, -0.2) is 31.2 Å². The van der Waals surface area contributed by atoms with Gasteiger partial charge in [-0.1, -0.05) is 17.7 Å². The zero-order valence-corrected chi connectivity index (χ0v) is 12.6. The molecule has 2 heterocycles. The number of amides is 1. The van der Waals surface area contributed by atoms with E-state index in [1.54, 1.807) is 4.90 Å². The number of nitrogens with two attached hydrogens (primary N) is 1. The minimum absolute atomic E-state index is 0. The summed E-state index contributed by atoms with van der Waals surface area (Å²) in [7, 11) is 0. The summed E-state index contributed by atoms with van der Waals surface area (Å²) in [6, 6.07) is 5.71. The van der Waals surface area contributed by atoms with Crippen molar-refractivity contribution in [3.05, 3.63) is 28.8 Å². The van der Waals surface area contributed by atoms with E-state index in [1.165, 1.54) is 5.56 Å². The first kappa shape index (κ1) is 15.6. The lowest BCUT2D eigenvalue weighted by Crippen LogP contribution is -2.38. The second kappa shape index (κ2) is 6.31. The number of hydrogen-bond acceptors (Lipinski definition) is 3. The van der Waals surface area contributed by atoms with Crippen LogP contribution < -0.4 is 10.6 Å². The summed E-state index contributed by atoms with van der Waals surface area (Å²) < 4.78 is 5.68. The molecule has 0 unspecified atom stereocenters. The van der Waals surface area contributed by atoms with E-state index in [1.807, 2.05) is 18.2 Å². The number of carbonyl (C=O) groups excluding carboxylic acids is 1. The lowest BCUT2D eigenvalue weighted by Gasteiger charge is -2.21. The SMILES string of the molecule is Cl.NC[C@H]1CC[C@@H](C(=O)N2CCc3ccc(Cl)cc32)O1. The van der Waals surface area contributed by atoms with E-state index in [-0.39, 0.29) is 30.5 Å². The molecule has 0 bridgehead atoms. The molecule has 2 N–H and O–H groups in total. The molecule has 2 aliphatic heterocycles. The summed E-state index contributed by atoms with van der Waals surface area (Å²) in [5.41, 5.74) is 7.68. The number of fused-ring (bicyclic) bond motifs is 1. The van der Waals surface area contributed by atoms with Crippen LogP contribution in [0.5, 0.6) is 0 Å². The van der Waals surface area contributed by atoms with E-state index in [0.717, 1.165) is 24.9 Å². The van der Waals surface area contributed by atoms with E-state index >= 15 is 0 Å². The van der Waals surface area contributed by atoms with Crippen LogP contribution in [0.15, 0.2) is 18.2 Å². The molecular weight excluding hydrogens is 299 g/mol. The van der Waals surface area contributed by atoms with Gasteiger partial charge in [-0.05, 0) is 37.0 Å². The average molecular weight is 317 g/mol. The molecule has 1 fully saturated rings. The van der Waals surface area contributed by atoms with Crippen LogP contribution in [-0.2, 0) is 16.0 Å². The van der Waals surface area contributed by atoms with Gasteiger partial charge in [0.25, 0.3) is 5.91 Å². The molecule has 0 radical (unpaired) electrons. The van der Waals surface area contributed by atoms with Gasteiger partial charge in [0.1, 0.15) is 6.10 Å². The Labute approximate surface area is 129 Å². The fraction of sp³-hybridized carbons (Fsp3) is 0.500. The summed E-state index contributed by atoms with van der Waals surface area (Å²) in [5.74, 6) is 0.0389. The standard InChI is InChI=1S/C14H17ClN2O2.ClH/c15-10-2-1-9-5-6-17(12(9)7-10)14(18)13-4-3-11(8-16)19-13;/h1-2,7,11,13H,3-6,8,16H2;1H/t11-,13+;/m1./s1. The summed E-state index contributed by atoms with van der Waals surface area (Å²) in [5, 5.41) is 0.658. The summed E-state index contributed by atoms with van der Waals surface area (Å²) in [6.07, 6.45) is 2.18. The first-order valence-electron chi connectivity index (χ1n) is 6.64. The number of halogens is 2. The largest absolute Gasteiger partial charge is 0.364 e. The van der Waals surface area contributed by atoms with E-state index in [9.17, 15) is 4.79 Å². The Bertz CT molecular complexity index is 510. The Morgan fingerprint density at radius 3 is 2.95 bits per heavy atom. The second-order valence-corrected chi connectivity index (χ2v) is 5.51. The molecule has 20 heavy (non-hydrogen) atoms. The summed E-state index contributed by atoms with van der Waals surface area (Å²) >= 11 is 6.01. The van der Waals surface area contributed by atoms with Crippen molar-refractivity contribution in [3.8, 4) is 0 Å². The highest BCUT2D eigenvalue weighted by atomic mass is 35.5. The van der Waals surface area contributed by atoms with Crippen molar-refractivity contribution in [1.82, 2.24) is 0 Å². The van der Waals surface area contributed by atoms with Gasteiger partial charge >= 0.3 is 0 Å². The van der Waals surface area contributed by atoms with Crippen LogP contribution >= 0.6 is 24.0 Å². The molecule has 4 nitrogen and oxygen atoms in total. The molecule has 1 amide bonds. The zero-order valence-electron chi connectivity index (χ0n) is 11.0. The highest BCUT2D eigenvalue weighted by Crippen LogP contribution is 2.32. The molecule has 3 rings (SSSR count). The number of rotatable bonds is 2. The van der Waals surface area contributed by atoms with Gasteiger partial charge in [0.15, 0.2) is 0 Å². The summed E-state index contributed by atoms with van der Waals surface area (Å²) in [6.45, 7) is 1.19. The number of ether oxygens (including phenoxy) is 1. The fourth-order valence-electron chi connectivity index (χ4n) is 2.82. The number of carbonyl (C=O) groups is 1. The Hall–Kier alpha value is -0.810. The maximum atomic E-state index is 12.5. The number of anilines is 1. The lowest BCUT2D eigenvalue weighted by atomic mass is 10.1. The average Bonchev–Trinajstić information content (AvgIpc) is 3.04. The molecule has 2 atom stereocenters. The molecule has 6 heteroatoms. The van der Waals surface area contributed by atoms with Crippen molar-refractivity contribution in [3.63, 3.8) is 0 Å². The molecular formula is C14H18Cl2N2O2. The molecule has 0 saturated carbocycles. The van der Waals surface area contributed by atoms with E-state index in [4.69, 9.17) is 22.1 Å². The molecule has 1 aromatic rings. The van der Waals surface area contributed by atoms with Gasteiger partial charge in [0, 0.05) is 23.8 Å². The smallest absolute Gasteiger partial charge is 0.256 e. The Morgan fingerprint density at radius 1 is 1.45 bits per heavy atom. The van der Waals surface area contributed by atoms with E-state index < -0.39 is 0 Å². The molecule has 2 aliphatic rings. The van der Waals surface area contributed by atoms with Gasteiger partial charge in [-0.3, -0.25) is 4.79 Å². The van der Waals surface area contributed by atoms with Crippen LogP contribution in [0.25, 0.3) is 0 Å². The predicted molar refractivity (Wildman–Crippen MR) is 81.7 cm³/mol. The van der Waals surface area contributed by atoms with Gasteiger partial charge in [-0.25, -0.2) is 0 Å². The third-order valence-electron chi connectivity index (χ3n) is 3.85. The Balaban J connectivity index is 0.00000147. The van der Waals surface area contributed by atoms with Gasteiger partial charge in [-0.2, -0.15) is 0 Å². The first-order chi connectivity index (χ1) is 9.19. The Morgan fingerprint density at radius 2 is 2.25 bits per heavy atom. The Kier molecular flexibility index (Phi) is 4.91. The highest BCUT2D eigenvalue weighted by molar-refractivity contribution is 6.31. The van der Waals surface area contributed by atoms with E-state index in [2.05, 4.69) is 0 Å². The number of nitrogens with zero attached hydrogens (tertiary/aromatic N) is 1. The molecule has 0 aromatic heterocycles. The maximum Gasteiger partial charge on any atom is 0.256 e. The minimum Gasteiger partial charge on any atom is -0.364 e. The van der Waals surface area contributed by atoms with Gasteiger partial charge in [-0.15, -0.1) is 12.4 Å². The van der Waals surface area contributed by atoms with Crippen molar-refractivity contribution in [1.29, 1.82) is 0 Å². The van der Waals surface area contributed by atoms with Gasteiger partial charge in [0.05, 0.1) is 6.10 Å². The first-order valence-corrected chi connectivity index (χ1v) is 7.02. The van der Waals surface area contributed by atoms with Crippen LogP contribution in [0.2, 0.25) is 5.02 Å². The highest BCUT2D eigenvalue weighted by Gasteiger charge is 2.35. The third-order valence-corrected chi connectivity index (χ3v) is 4.09. The van der Waals surface area contributed by atoms with Crippen LogP contribution in [0.1, 0.15) is 18.4 Å². The van der Waals surface area contributed by atoms with Gasteiger partial charge < -0.3 is 15.4 Å². The van der Waals surface area contributed by atoms with Crippen molar-refractivity contribution in [2.24, 2.45) is 5.73 Å². The zero-order chi connectivity index (χ0) is 13.4. The lowest BCUT2D eigenvalue weighted by molar-refractivity contribution is -0.129. The van der Waals surface area contributed by atoms with Crippen LogP contribution in [0.3, 0.4) is 0 Å². The van der Waals surface area contributed by atoms with Crippen molar-refractivity contribution < 1.29 is 9.53 Å². The van der Waals surface area contributed by atoms with E-state index in [0.29, 0.717) is 18.1 Å². The predicted octanol–water partition coefficient (Wildman–Crippen LogP) is 2.16.